The van der Waals surface area contributed by atoms with E-state index in [1.54, 1.807) is 0 Å². The molecule has 7 heteroatoms. The third-order valence-electron chi connectivity index (χ3n) is 0. The SMILES string of the molecule is O=[As]([O-])([O-])[O-].[Cu].[OH-]. The molecule has 1 N–H and O–H groups in total. The zero-order valence-electron chi connectivity index (χ0n) is 2.83. The van der Waals surface area contributed by atoms with E-state index in [0.29, 0.717) is 0 Å². The molecule has 0 unspecified atom stereocenters. The monoisotopic (exact) mass is 219 g/mol. The Bertz CT molecular complexity index is 54.2. The largest absolute Gasteiger partial charge is 0.870 e. The topological polar surface area (TPSA) is 116 Å². The summed E-state index contributed by atoms with van der Waals surface area (Å²) >= 11 is -5.88. The normalized spacial score (nSPS) is 8.43. The molecule has 0 bridgehead atoms. The molecule has 0 atom stereocenters. The van der Waals surface area contributed by atoms with Crippen LogP contribution in [0.4, 0.5) is 0 Å². The molecule has 5 nitrogen and oxygen atoms in total. The minimum Gasteiger partial charge on any atom is -0.870 e. The summed E-state index contributed by atoms with van der Waals surface area (Å²) in [6, 6.07) is 0. The predicted octanol–water partition coefficient (Wildman–Crippen LogP) is -4.25. The summed E-state index contributed by atoms with van der Waals surface area (Å²) in [4.78, 5) is 0. The van der Waals surface area contributed by atoms with E-state index in [1.165, 1.54) is 0 Å². The van der Waals surface area contributed by atoms with Gasteiger partial charge in [-0.15, -0.1) is 0 Å². The standard InChI is InChI=1S/AsH3O4.Cu.H2O/c2-1(3,4)5;;/h(H3,2,3,4,5);;1H2/p-4. The first-order valence-electron chi connectivity index (χ1n) is 0.730. The molecule has 0 aromatic heterocycles. The van der Waals surface area contributed by atoms with Crippen molar-refractivity contribution in [2.75, 3.05) is 0 Å². The molecule has 7 heavy (non-hydrogen) atoms. The molecule has 0 aliphatic carbocycles. The first-order valence-corrected chi connectivity index (χ1v) is 3.79. The van der Waals surface area contributed by atoms with Crippen molar-refractivity contribution in [3.63, 3.8) is 0 Å². The third kappa shape index (κ3) is 290. The van der Waals surface area contributed by atoms with Crippen LogP contribution in [0.5, 0.6) is 0 Å². The van der Waals surface area contributed by atoms with E-state index < -0.39 is 14.5 Å². The van der Waals surface area contributed by atoms with Gasteiger partial charge in [-0.3, -0.25) is 0 Å². The quantitative estimate of drug-likeness (QED) is 0.383. The van der Waals surface area contributed by atoms with Crippen LogP contribution in [0.15, 0.2) is 0 Å². The van der Waals surface area contributed by atoms with Crippen LogP contribution in [0.2, 0.25) is 0 Å². The Morgan fingerprint density at radius 3 is 1.14 bits per heavy atom. The summed E-state index contributed by atoms with van der Waals surface area (Å²) < 4.78 is 34.4. The van der Waals surface area contributed by atoms with E-state index in [1.807, 2.05) is 0 Å². The summed E-state index contributed by atoms with van der Waals surface area (Å²) in [5.74, 6) is 0. The van der Waals surface area contributed by atoms with E-state index >= 15 is 0 Å². The van der Waals surface area contributed by atoms with Gasteiger partial charge in [0.2, 0.25) is 0 Å². The molecule has 0 aromatic rings. The molecular weight excluding hydrogens is 218 g/mol. The molecule has 0 aliphatic rings. The van der Waals surface area contributed by atoms with Crippen molar-refractivity contribution >= 4 is 14.5 Å². The second-order valence-electron chi connectivity index (χ2n) is 0.447. The van der Waals surface area contributed by atoms with Crippen molar-refractivity contribution in [1.29, 1.82) is 0 Å². The fraction of sp³-hybridized carbons (Fsp3) is 0. The maximum Gasteiger partial charge on any atom is 0 e. The maximum atomic E-state index is 8.61. The van der Waals surface area contributed by atoms with Gasteiger partial charge >= 0.3 is 30.5 Å². The Morgan fingerprint density at radius 2 is 1.14 bits per heavy atom. The number of hydrogen-bond acceptors (Lipinski definition) is 5. The summed E-state index contributed by atoms with van der Waals surface area (Å²) in [5, 5.41) is 0. The van der Waals surface area contributed by atoms with E-state index in [4.69, 9.17) is 16.0 Å². The van der Waals surface area contributed by atoms with Gasteiger partial charge in [0.25, 0.3) is 0 Å². The van der Waals surface area contributed by atoms with Gasteiger partial charge in [0.15, 0.2) is 0 Å². The zero-order chi connectivity index (χ0) is 4.50. The molecule has 0 saturated heterocycles. The number of hydrogen-bond donors (Lipinski definition) is 0. The van der Waals surface area contributed by atoms with Crippen LogP contribution in [0.1, 0.15) is 0 Å². The van der Waals surface area contributed by atoms with E-state index in [-0.39, 0.29) is 22.5 Å². The van der Waals surface area contributed by atoms with Crippen molar-refractivity contribution in [3.8, 4) is 0 Å². The zero-order valence-corrected chi connectivity index (χ0v) is 5.65. The van der Waals surface area contributed by atoms with Crippen molar-refractivity contribution in [2.45, 2.75) is 0 Å². The molecule has 0 rings (SSSR count). The molecule has 0 fully saturated rings. The van der Waals surface area contributed by atoms with Gasteiger partial charge in [0.1, 0.15) is 0 Å². The molecule has 0 amide bonds. The van der Waals surface area contributed by atoms with Gasteiger partial charge in [-0.1, -0.05) is 0 Å². The third-order valence-corrected chi connectivity index (χ3v) is 0. The Kier molecular flexibility index (Phi) is 10.9. The fourth-order valence-corrected chi connectivity index (χ4v) is 0. The summed E-state index contributed by atoms with van der Waals surface area (Å²) in [6.07, 6.45) is 0. The fourth-order valence-electron chi connectivity index (χ4n) is 0. The summed E-state index contributed by atoms with van der Waals surface area (Å²) in [6.45, 7) is 0. The van der Waals surface area contributed by atoms with Gasteiger partial charge in [-0.05, 0) is 0 Å². The van der Waals surface area contributed by atoms with Gasteiger partial charge in [-0.25, -0.2) is 0 Å². The molecular formula is HAsCuO5-4. The van der Waals surface area contributed by atoms with Gasteiger partial charge < -0.3 is 5.48 Å². The van der Waals surface area contributed by atoms with Crippen LogP contribution >= 0.6 is 0 Å². The van der Waals surface area contributed by atoms with E-state index in [0.717, 1.165) is 0 Å². The van der Waals surface area contributed by atoms with Gasteiger partial charge in [0.05, 0.1) is 0 Å². The number of rotatable bonds is 0. The van der Waals surface area contributed by atoms with Crippen LogP contribution < -0.4 is 12.3 Å². The van der Waals surface area contributed by atoms with Crippen LogP contribution in [0.25, 0.3) is 0 Å². The minimum absolute atomic E-state index is 0. The second kappa shape index (κ2) is 4.87. The first kappa shape index (κ1) is 15.6. The Morgan fingerprint density at radius 1 is 1.14 bits per heavy atom. The first-order chi connectivity index (χ1) is 2.00. The van der Waals surface area contributed by atoms with E-state index in [9.17, 15) is 0 Å². The predicted molar refractivity (Wildman–Crippen MR) is 8.38 cm³/mol. The molecule has 0 aliphatic heterocycles. The van der Waals surface area contributed by atoms with Crippen LogP contribution in [-0.2, 0) is 20.8 Å². The van der Waals surface area contributed by atoms with Crippen molar-refractivity contribution < 1.29 is 38.6 Å². The Hall–Kier alpha value is 0.718. The smallest absolute Gasteiger partial charge is 0 e. The Labute approximate surface area is 53.5 Å². The summed E-state index contributed by atoms with van der Waals surface area (Å²) in [5.41, 5.74) is 0. The average molecular weight is 219 g/mol. The van der Waals surface area contributed by atoms with Crippen molar-refractivity contribution in [1.82, 2.24) is 0 Å². The van der Waals surface area contributed by atoms with Crippen LogP contribution in [0, 0.1) is 0 Å². The average Bonchev–Trinajstić information content (AvgIpc) is 0.722. The summed E-state index contributed by atoms with van der Waals surface area (Å²) in [7, 11) is 0. The van der Waals surface area contributed by atoms with Gasteiger partial charge in [0, 0.05) is 17.1 Å². The molecule has 1 radical (unpaired) electrons. The Balaban J connectivity index is -0.0000000800. The van der Waals surface area contributed by atoms with Crippen LogP contribution in [0.3, 0.4) is 0 Å². The molecule has 0 aromatic carbocycles. The van der Waals surface area contributed by atoms with Crippen molar-refractivity contribution in [2.24, 2.45) is 0 Å². The maximum absolute atomic E-state index is 8.61. The minimum atomic E-state index is -5.88. The molecule has 0 saturated carbocycles. The molecule has 0 spiro atoms. The molecule has 51 valence electrons. The van der Waals surface area contributed by atoms with E-state index in [2.05, 4.69) is 0 Å². The van der Waals surface area contributed by atoms with Gasteiger partial charge in [-0.2, -0.15) is 0 Å². The second-order valence-corrected chi connectivity index (χ2v) is 2.32. The van der Waals surface area contributed by atoms with Crippen LogP contribution in [-0.4, -0.2) is 20.0 Å². The molecule has 0 heterocycles. The van der Waals surface area contributed by atoms with Crippen molar-refractivity contribution in [3.05, 3.63) is 0 Å².